The standard InChI is InChI=1S/C21H16BrN5O6S/c1-2-33-21(28)17-16(12-6-4-3-5-7-12)19(34-20(17)25-8-9-25)24-23-18-14(22)10-13(26(29)30)11-15(18)27(31)32/h3-7,10-11H,2,8-9H2,1H3. The minimum atomic E-state index is -0.760. The fourth-order valence-electron chi connectivity index (χ4n) is 3.23. The van der Waals surface area contributed by atoms with Gasteiger partial charge in [0.1, 0.15) is 15.6 Å². The normalized spacial score (nSPS) is 12.7. The number of thiophene rings is 1. The van der Waals surface area contributed by atoms with Crippen LogP contribution in [-0.2, 0) is 4.74 Å². The van der Waals surface area contributed by atoms with Gasteiger partial charge in [0.25, 0.3) is 5.69 Å². The van der Waals surface area contributed by atoms with Gasteiger partial charge in [-0.3, -0.25) is 20.2 Å². The number of anilines is 1. The number of nitro groups is 2. The summed E-state index contributed by atoms with van der Waals surface area (Å²) >= 11 is 4.35. The van der Waals surface area contributed by atoms with Crippen LogP contribution in [-0.4, -0.2) is 35.5 Å². The van der Waals surface area contributed by atoms with Crippen molar-refractivity contribution in [3.05, 3.63) is 72.7 Å². The third kappa shape index (κ3) is 4.65. The van der Waals surface area contributed by atoms with Gasteiger partial charge in [0.2, 0.25) is 0 Å². The lowest BCUT2D eigenvalue weighted by Gasteiger charge is -2.08. The van der Waals surface area contributed by atoms with Crippen LogP contribution in [0, 0.1) is 20.2 Å². The van der Waals surface area contributed by atoms with Gasteiger partial charge in [-0.05, 0) is 28.4 Å². The molecule has 0 spiro atoms. The van der Waals surface area contributed by atoms with Crippen molar-refractivity contribution in [2.24, 2.45) is 10.2 Å². The summed E-state index contributed by atoms with van der Waals surface area (Å²) in [6.07, 6.45) is 0. The maximum absolute atomic E-state index is 12.9. The number of azo groups is 1. The number of carbonyl (C=O) groups is 1. The number of hydrogen-bond donors (Lipinski definition) is 0. The first-order valence-corrected chi connectivity index (χ1v) is 11.6. The smallest absolute Gasteiger partial charge is 0.341 e. The molecule has 1 saturated heterocycles. The molecule has 0 bridgehead atoms. The van der Waals surface area contributed by atoms with E-state index in [0.717, 1.165) is 25.2 Å². The number of esters is 1. The molecule has 34 heavy (non-hydrogen) atoms. The maximum atomic E-state index is 12.9. The molecule has 0 atom stereocenters. The van der Waals surface area contributed by atoms with Crippen molar-refractivity contribution >= 4 is 60.3 Å². The Balaban J connectivity index is 1.89. The van der Waals surface area contributed by atoms with E-state index in [1.54, 1.807) is 6.92 Å². The highest BCUT2D eigenvalue weighted by molar-refractivity contribution is 9.10. The molecule has 0 unspecified atom stereocenters. The van der Waals surface area contributed by atoms with E-state index in [9.17, 15) is 25.0 Å². The Morgan fingerprint density at radius 1 is 1.15 bits per heavy atom. The summed E-state index contributed by atoms with van der Waals surface area (Å²) in [4.78, 5) is 36.1. The number of carbonyl (C=O) groups excluding carboxylic acids is 1. The molecule has 2 heterocycles. The average Bonchev–Trinajstić information content (AvgIpc) is 3.58. The van der Waals surface area contributed by atoms with E-state index >= 15 is 0 Å². The van der Waals surface area contributed by atoms with Crippen molar-refractivity contribution in [1.82, 2.24) is 0 Å². The van der Waals surface area contributed by atoms with Crippen LogP contribution >= 0.6 is 27.3 Å². The number of nitrogens with zero attached hydrogens (tertiary/aromatic N) is 5. The van der Waals surface area contributed by atoms with Gasteiger partial charge in [0.15, 0.2) is 5.69 Å². The Hall–Kier alpha value is -3.71. The predicted molar refractivity (Wildman–Crippen MR) is 130 cm³/mol. The lowest BCUT2D eigenvalue weighted by molar-refractivity contribution is -0.393. The van der Waals surface area contributed by atoms with Crippen LogP contribution in [0.15, 0.2) is 57.2 Å². The van der Waals surface area contributed by atoms with Gasteiger partial charge in [-0.2, -0.15) is 0 Å². The molecule has 174 valence electrons. The molecule has 1 fully saturated rings. The Bertz CT molecular complexity index is 1320. The van der Waals surface area contributed by atoms with Crippen LogP contribution in [0.3, 0.4) is 0 Å². The molecule has 4 rings (SSSR count). The quantitative estimate of drug-likeness (QED) is 0.105. The molecule has 3 aromatic rings. The first-order valence-electron chi connectivity index (χ1n) is 10.00. The zero-order valence-electron chi connectivity index (χ0n) is 17.6. The second-order valence-corrected chi connectivity index (χ2v) is 8.88. The molecular formula is C21H16BrN5O6S. The molecule has 13 heteroatoms. The Morgan fingerprint density at radius 2 is 1.85 bits per heavy atom. The van der Waals surface area contributed by atoms with Crippen molar-refractivity contribution in [2.45, 2.75) is 6.92 Å². The van der Waals surface area contributed by atoms with Crippen molar-refractivity contribution in [2.75, 3.05) is 24.6 Å². The summed E-state index contributed by atoms with van der Waals surface area (Å²) in [6, 6.07) is 11.1. The molecule has 0 saturated carbocycles. The van der Waals surface area contributed by atoms with E-state index in [0.29, 0.717) is 26.7 Å². The lowest BCUT2D eigenvalue weighted by atomic mass is 10.0. The van der Waals surface area contributed by atoms with Gasteiger partial charge in [-0.25, -0.2) is 4.79 Å². The van der Waals surface area contributed by atoms with E-state index in [1.807, 2.05) is 35.2 Å². The van der Waals surface area contributed by atoms with Gasteiger partial charge in [-0.15, -0.1) is 10.2 Å². The molecule has 11 nitrogen and oxygen atoms in total. The van der Waals surface area contributed by atoms with Crippen LogP contribution in [0.1, 0.15) is 17.3 Å². The monoisotopic (exact) mass is 545 g/mol. The van der Waals surface area contributed by atoms with E-state index in [2.05, 4.69) is 26.2 Å². The molecule has 1 aliphatic heterocycles. The maximum Gasteiger partial charge on any atom is 0.341 e. The summed E-state index contributed by atoms with van der Waals surface area (Å²) in [5.41, 5.74) is 0.388. The van der Waals surface area contributed by atoms with Gasteiger partial charge in [0, 0.05) is 24.7 Å². The average molecular weight is 546 g/mol. The number of ether oxygens (including phenoxy) is 1. The number of nitro benzene ring substituents is 2. The fraction of sp³-hybridized carbons (Fsp3) is 0.190. The minimum Gasteiger partial charge on any atom is -0.462 e. The lowest BCUT2D eigenvalue weighted by Crippen LogP contribution is -2.08. The predicted octanol–water partition coefficient (Wildman–Crippen LogP) is 6.41. The van der Waals surface area contributed by atoms with Crippen molar-refractivity contribution < 1.29 is 19.4 Å². The summed E-state index contributed by atoms with van der Waals surface area (Å²) < 4.78 is 5.35. The largest absolute Gasteiger partial charge is 0.462 e. The van der Waals surface area contributed by atoms with E-state index in [4.69, 9.17) is 4.74 Å². The number of halogens is 1. The summed E-state index contributed by atoms with van der Waals surface area (Å²) in [5, 5.41) is 32.1. The van der Waals surface area contributed by atoms with Gasteiger partial charge >= 0.3 is 11.7 Å². The van der Waals surface area contributed by atoms with Crippen LogP contribution < -0.4 is 4.90 Å². The topological polar surface area (TPSA) is 140 Å². The van der Waals surface area contributed by atoms with Crippen LogP contribution in [0.5, 0.6) is 0 Å². The van der Waals surface area contributed by atoms with E-state index in [1.165, 1.54) is 11.3 Å². The molecule has 1 aliphatic rings. The Labute approximate surface area is 205 Å². The summed E-state index contributed by atoms with van der Waals surface area (Å²) in [6.45, 7) is 3.46. The second kappa shape index (κ2) is 9.65. The molecular weight excluding hydrogens is 530 g/mol. The molecule has 0 N–H and O–H groups in total. The number of non-ortho nitro benzene ring substituents is 1. The summed E-state index contributed by atoms with van der Waals surface area (Å²) in [7, 11) is 0. The third-order valence-corrected chi connectivity index (χ3v) is 6.56. The van der Waals surface area contributed by atoms with Crippen molar-refractivity contribution in [3.63, 3.8) is 0 Å². The number of hydrogen-bond acceptors (Lipinski definition) is 10. The molecule has 0 radical (unpaired) electrons. The van der Waals surface area contributed by atoms with Crippen LogP contribution in [0.2, 0.25) is 0 Å². The highest BCUT2D eigenvalue weighted by Crippen LogP contribution is 2.50. The van der Waals surface area contributed by atoms with Gasteiger partial charge in [0.05, 0.1) is 27.0 Å². The van der Waals surface area contributed by atoms with Crippen molar-refractivity contribution in [1.29, 1.82) is 0 Å². The zero-order valence-corrected chi connectivity index (χ0v) is 20.0. The third-order valence-electron chi connectivity index (χ3n) is 4.82. The minimum absolute atomic E-state index is 0.0479. The molecule has 0 amide bonds. The zero-order chi connectivity index (χ0) is 24.4. The van der Waals surface area contributed by atoms with Gasteiger partial charge in [-0.1, -0.05) is 41.7 Å². The molecule has 1 aromatic heterocycles. The highest BCUT2D eigenvalue weighted by atomic mass is 79.9. The Morgan fingerprint density at radius 3 is 2.44 bits per heavy atom. The number of benzene rings is 2. The SMILES string of the molecule is CCOC(=O)c1c(N2CC2)sc(N=Nc2c(Br)cc([N+](=O)[O-])cc2[N+](=O)[O-])c1-c1ccccc1. The number of rotatable bonds is 8. The second-order valence-electron chi connectivity index (χ2n) is 7.05. The molecule has 2 aromatic carbocycles. The first kappa shape index (κ1) is 23.4. The van der Waals surface area contributed by atoms with E-state index in [-0.39, 0.29) is 16.8 Å². The molecule has 0 aliphatic carbocycles. The summed E-state index contributed by atoms with van der Waals surface area (Å²) in [5.74, 6) is -0.497. The highest BCUT2D eigenvalue weighted by Gasteiger charge is 2.33. The van der Waals surface area contributed by atoms with Crippen LogP contribution in [0.25, 0.3) is 11.1 Å². The van der Waals surface area contributed by atoms with Crippen LogP contribution in [0.4, 0.5) is 27.1 Å². The van der Waals surface area contributed by atoms with Crippen molar-refractivity contribution in [3.8, 4) is 11.1 Å². The Kier molecular flexibility index (Phi) is 6.65. The fourth-order valence-corrected chi connectivity index (χ4v) is 4.93. The van der Waals surface area contributed by atoms with Gasteiger partial charge < -0.3 is 9.64 Å². The first-order chi connectivity index (χ1) is 16.3. The van der Waals surface area contributed by atoms with E-state index < -0.39 is 27.2 Å².